The van der Waals surface area contributed by atoms with Crippen molar-refractivity contribution < 1.29 is 13.7 Å². The topological polar surface area (TPSA) is 55.4 Å². The highest BCUT2D eigenvalue weighted by molar-refractivity contribution is 7.82. The van der Waals surface area contributed by atoms with E-state index in [1.165, 1.54) is 0 Å². The normalized spacial score (nSPS) is 14.5. The third-order valence-corrected chi connectivity index (χ3v) is 4.26. The quantitative estimate of drug-likeness (QED) is 0.822. The maximum Gasteiger partial charge on any atom is 0.324 e. The molecule has 5 heteroatoms. The summed E-state index contributed by atoms with van der Waals surface area (Å²) >= 11 is 0. The van der Waals surface area contributed by atoms with Crippen LogP contribution < -0.4 is 4.72 Å². The van der Waals surface area contributed by atoms with E-state index >= 15 is 0 Å². The second-order valence-corrected chi connectivity index (χ2v) is 7.30. The van der Waals surface area contributed by atoms with E-state index in [2.05, 4.69) is 4.72 Å². The molecular formula is C16H25NO3S. The van der Waals surface area contributed by atoms with Gasteiger partial charge < -0.3 is 4.74 Å². The van der Waals surface area contributed by atoms with Crippen LogP contribution in [0.25, 0.3) is 0 Å². The van der Waals surface area contributed by atoms with Crippen molar-refractivity contribution in [2.45, 2.75) is 46.4 Å². The first kappa shape index (κ1) is 17.9. The first-order valence-corrected chi connectivity index (χ1v) is 8.43. The number of rotatable bonds is 6. The number of hydrogen-bond acceptors (Lipinski definition) is 3. The minimum atomic E-state index is -1.33. The molecule has 1 aromatic carbocycles. The molecule has 0 aromatic heterocycles. The molecule has 0 radical (unpaired) electrons. The number of aryl methyl sites for hydroxylation is 1. The molecular weight excluding hydrogens is 286 g/mol. The number of esters is 1. The van der Waals surface area contributed by atoms with Gasteiger partial charge in [-0.15, -0.1) is 0 Å². The van der Waals surface area contributed by atoms with E-state index in [0.717, 1.165) is 11.1 Å². The lowest BCUT2D eigenvalue weighted by Crippen LogP contribution is -2.48. The van der Waals surface area contributed by atoms with Crippen LogP contribution in [-0.2, 0) is 26.3 Å². The molecule has 0 aliphatic heterocycles. The van der Waals surface area contributed by atoms with E-state index in [-0.39, 0.29) is 11.4 Å². The lowest BCUT2D eigenvalue weighted by atomic mass is 9.87. The van der Waals surface area contributed by atoms with Gasteiger partial charge in [0.1, 0.15) is 6.04 Å². The Balaban J connectivity index is 2.77. The fourth-order valence-electron chi connectivity index (χ4n) is 1.89. The lowest BCUT2D eigenvalue weighted by Gasteiger charge is -2.29. The van der Waals surface area contributed by atoms with E-state index in [1.807, 2.05) is 52.0 Å². The summed E-state index contributed by atoms with van der Waals surface area (Å²) in [5, 5.41) is 0. The summed E-state index contributed by atoms with van der Waals surface area (Å²) in [6, 6.07) is 7.21. The minimum Gasteiger partial charge on any atom is -0.465 e. The predicted octanol–water partition coefficient (Wildman–Crippen LogP) is 2.73. The molecule has 0 aliphatic carbocycles. The number of nitrogens with one attached hydrogen (secondary N) is 1. The highest BCUT2D eigenvalue weighted by Crippen LogP contribution is 2.21. The highest BCUT2D eigenvalue weighted by Gasteiger charge is 2.33. The Morgan fingerprint density at radius 3 is 2.48 bits per heavy atom. The van der Waals surface area contributed by atoms with Crippen LogP contribution in [0.1, 0.15) is 38.8 Å². The zero-order valence-corrected chi connectivity index (χ0v) is 14.3. The lowest BCUT2D eigenvalue weighted by molar-refractivity contribution is -0.147. The van der Waals surface area contributed by atoms with Crippen molar-refractivity contribution >= 4 is 17.0 Å². The molecule has 0 unspecified atom stereocenters. The number of hydrogen-bond donors (Lipinski definition) is 1. The van der Waals surface area contributed by atoms with Crippen LogP contribution in [0, 0.1) is 12.3 Å². The summed E-state index contributed by atoms with van der Waals surface area (Å²) in [6.07, 6.45) is 0. The summed E-state index contributed by atoms with van der Waals surface area (Å²) in [7, 11) is -1.33. The standard InChI is InChI=1S/C16H25NO3S/c1-6-20-15(18)14(16(3,4)5)17-21(19)11-13-10-8-7-9-12(13)2/h7-10,14,17H,6,11H2,1-5H3/t14-,21+/m1/s1. The molecule has 1 N–H and O–H groups in total. The third-order valence-electron chi connectivity index (χ3n) is 3.19. The predicted molar refractivity (Wildman–Crippen MR) is 86.0 cm³/mol. The molecule has 0 saturated heterocycles. The summed E-state index contributed by atoms with van der Waals surface area (Å²) in [5.74, 6) is 0.0155. The van der Waals surface area contributed by atoms with E-state index in [0.29, 0.717) is 12.4 Å². The average Bonchev–Trinajstić information content (AvgIpc) is 2.37. The van der Waals surface area contributed by atoms with Crippen LogP contribution in [0.3, 0.4) is 0 Å². The molecule has 1 rings (SSSR count). The summed E-state index contributed by atoms with van der Waals surface area (Å²) in [4.78, 5) is 12.0. The van der Waals surface area contributed by atoms with Gasteiger partial charge in [-0.05, 0) is 30.4 Å². The molecule has 4 nitrogen and oxygen atoms in total. The summed E-state index contributed by atoms with van der Waals surface area (Å²) in [5.41, 5.74) is 1.74. The van der Waals surface area contributed by atoms with Crippen molar-refractivity contribution in [3.8, 4) is 0 Å². The number of carbonyl (C=O) groups excluding carboxylic acids is 1. The van der Waals surface area contributed by atoms with Crippen LogP contribution in [-0.4, -0.2) is 22.8 Å². The van der Waals surface area contributed by atoms with Gasteiger partial charge in [0.05, 0.1) is 23.3 Å². The van der Waals surface area contributed by atoms with Gasteiger partial charge in [0.15, 0.2) is 0 Å². The van der Waals surface area contributed by atoms with Crippen molar-refractivity contribution in [1.29, 1.82) is 0 Å². The van der Waals surface area contributed by atoms with Gasteiger partial charge in [0.2, 0.25) is 0 Å². The van der Waals surface area contributed by atoms with E-state index in [1.54, 1.807) is 6.92 Å². The SMILES string of the molecule is CCOC(=O)[C@@H](N[S@@](=O)Cc1ccccc1C)C(C)(C)C. The first-order valence-electron chi connectivity index (χ1n) is 7.11. The van der Waals surface area contributed by atoms with Gasteiger partial charge in [-0.25, -0.2) is 8.93 Å². The number of carbonyl (C=O) groups is 1. The molecule has 2 atom stereocenters. The molecule has 118 valence electrons. The molecule has 0 fully saturated rings. The van der Waals surface area contributed by atoms with Crippen molar-refractivity contribution in [3.05, 3.63) is 35.4 Å². The van der Waals surface area contributed by atoms with Crippen molar-refractivity contribution in [2.24, 2.45) is 5.41 Å². The molecule has 21 heavy (non-hydrogen) atoms. The van der Waals surface area contributed by atoms with E-state index < -0.39 is 17.0 Å². The molecule has 0 heterocycles. The smallest absolute Gasteiger partial charge is 0.324 e. The molecule has 0 saturated carbocycles. The maximum absolute atomic E-state index is 12.3. The van der Waals surface area contributed by atoms with Crippen molar-refractivity contribution in [2.75, 3.05) is 6.61 Å². The Labute approximate surface area is 129 Å². The monoisotopic (exact) mass is 311 g/mol. The van der Waals surface area contributed by atoms with Crippen molar-refractivity contribution in [1.82, 2.24) is 4.72 Å². The summed E-state index contributed by atoms with van der Waals surface area (Å²) < 4.78 is 20.3. The maximum atomic E-state index is 12.3. The summed E-state index contributed by atoms with van der Waals surface area (Å²) in [6.45, 7) is 9.84. The van der Waals surface area contributed by atoms with Gasteiger partial charge in [-0.1, -0.05) is 45.0 Å². The Hall–Kier alpha value is -1.20. The average molecular weight is 311 g/mol. The van der Waals surface area contributed by atoms with Crippen molar-refractivity contribution in [3.63, 3.8) is 0 Å². The van der Waals surface area contributed by atoms with Gasteiger partial charge in [0.25, 0.3) is 0 Å². The molecule has 0 spiro atoms. The Kier molecular flexibility index (Phi) is 6.55. The third kappa shape index (κ3) is 5.59. The molecule has 0 aliphatic rings. The van der Waals surface area contributed by atoms with Gasteiger partial charge in [0, 0.05) is 0 Å². The van der Waals surface area contributed by atoms with Crippen LogP contribution in [0.2, 0.25) is 0 Å². The van der Waals surface area contributed by atoms with Crippen LogP contribution in [0.4, 0.5) is 0 Å². The van der Waals surface area contributed by atoms with Crippen LogP contribution in [0.15, 0.2) is 24.3 Å². The Bertz CT molecular complexity index is 508. The fourth-order valence-corrected chi connectivity index (χ4v) is 3.29. The highest BCUT2D eigenvalue weighted by atomic mass is 32.2. The Morgan fingerprint density at radius 2 is 1.95 bits per heavy atom. The molecule has 0 bridgehead atoms. The molecule has 0 amide bonds. The second-order valence-electron chi connectivity index (χ2n) is 6.09. The fraction of sp³-hybridized carbons (Fsp3) is 0.562. The Morgan fingerprint density at radius 1 is 1.33 bits per heavy atom. The molecule has 1 aromatic rings. The largest absolute Gasteiger partial charge is 0.465 e. The second kappa shape index (κ2) is 7.71. The first-order chi connectivity index (χ1) is 9.75. The zero-order chi connectivity index (χ0) is 16.0. The van der Waals surface area contributed by atoms with E-state index in [4.69, 9.17) is 4.74 Å². The van der Waals surface area contributed by atoms with Crippen LogP contribution >= 0.6 is 0 Å². The van der Waals surface area contributed by atoms with Gasteiger partial charge >= 0.3 is 5.97 Å². The van der Waals surface area contributed by atoms with Gasteiger partial charge in [-0.2, -0.15) is 0 Å². The van der Waals surface area contributed by atoms with Crippen LogP contribution in [0.5, 0.6) is 0 Å². The zero-order valence-electron chi connectivity index (χ0n) is 13.4. The van der Waals surface area contributed by atoms with E-state index in [9.17, 15) is 9.00 Å². The number of benzene rings is 1. The number of ether oxygens (including phenoxy) is 1. The minimum absolute atomic E-state index is 0.317. The van der Waals surface area contributed by atoms with Gasteiger partial charge in [-0.3, -0.25) is 4.79 Å².